The molecule has 0 fully saturated rings. The first-order chi connectivity index (χ1) is 7.04. The van der Waals surface area contributed by atoms with E-state index in [9.17, 15) is 10.1 Å². The summed E-state index contributed by atoms with van der Waals surface area (Å²) in [5.41, 5.74) is 5.20. The first-order valence-electron chi connectivity index (χ1n) is 4.35. The summed E-state index contributed by atoms with van der Waals surface area (Å²) in [6.45, 7) is 2.03. The maximum Gasteiger partial charge on any atom is 0.312 e. The van der Waals surface area contributed by atoms with Crippen molar-refractivity contribution in [3.63, 3.8) is 0 Å². The highest BCUT2D eigenvalue weighted by atomic mass is 35.5. The molecule has 2 N–H and O–H groups in total. The van der Waals surface area contributed by atoms with Crippen molar-refractivity contribution in [2.45, 2.75) is 13.0 Å². The second-order valence-corrected chi connectivity index (χ2v) is 3.47. The van der Waals surface area contributed by atoms with Gasteiger partial charge in [-0.05, 0) is 19.1 Å². The van der Waals surface area contributed by atoms with Crippen molar-refractivity contribution in [1.82, 2.24) is 0 Å². The lowest BCUT2D eigenvalue weighted by molar-refractivity contribution is -0.386. The van der Waals surface area contributed by atoms with Crippen LogP contribution >= 0.6 is 11.6 Å². The van der Waals surface area contributed by atoms with E-state index in [1.807, 2.05) is 0 Å². The van der Waals surface area contributed by atoms with Gasteiger partial charge in [0.15, 0.2) is 5.75 Å². The molecule has 0 bridgehead atoms. The summed E-state index contributed by atoms with van der Waals surface area (Å²) >= 11 is 5.65. The molecule has 15 heavy (non-hydrogen) atoms. The molecule has 1 aromatic carbocycles. The molecule has 0 saturated carbocycles. The average molecular weight is 231 g/mol. The number of nitrogens with zero attached hydrogens (tertiary/aromatic N) is 1. The van der Waals surface area contributed by atoms with Gasteiger partial charge in [0, 0.05) is 17.6 Å². The van der Waals surface area contributed by atoms with E-state index < -0.39 is 4.92 Å². The van der Waals surface area contributed by atoms with Crippen LogP contribution in [0.15, 0.2) is 18.2 Å². The molecule has 1 aromatic rings. The van der Waals surface area contributed by atoms with Gasteiger partial charge in [-0.3, -0.25) is 10.1 Å². The third-order valence-electron chi connectivity index (χ3n) is 1.78. The number of ether oxygens (including phenoxy) is 1. The van der Waals surface area contributed by atoms with Gasteiger partial charge in [-0.2, -0.15) is 0 Å². The molecule has 0 aliphatic rings. The Morgan fingerprint density at radius 2 is 2.33 bits per heavy atom. The van der Waals surface area contributed by atoms with Gasteiger partial charge in [-0.15, -0.1) is 0 Å². The van der Waals surface area contributed by atoms with Crippen LogP contribution in [0, 0.1) is 10.1 Å². The fourth-order valence-corrected chi connectivity index (χ4v) is 1.16. The van der Waals surface area contributed by atoms with Crippen molar-refractivity contribution in [1.29, 1.82) is 0 Å². The normalized spacial score (nSPS) is 12.2. The predicted octanol–water partition coefficient (Wildman–Crippen LogP) is 1.97. The molecule has 0 spiro atoms. The lowest BCUT2D eigenvalue weighted by atomic mass is 10.3. The lowest BCUT2D eigenvalue weighted by Gasteiger charge is -2.12. The molecule has 1 rings (SSSR count). The number of nitro groups is 1. The van der Waals surface area contributed by atoms with Crippen LogP contribution in [-0.2, 0) is 0 Å². The van der Waals surface area contributed by atoms with Crippen molar-refractivity contribution < 1.29 is 9.66 Å². The first kappa shape index (κ1) is 11.7. The maximum absolute atomic E-state index is 10.7. The van der Waals surface area contributed by atoms with Gasteiger partial charge in [0.2, 0.25) is 0 Å². The van der Waals surface area contributed by atoms with Gasteiger partial charge in [0.25, 0.3) is 0 Å². The predicted molar refractivity (Wildman–Crippen MR) is 57.3 cm³/mol. The Hall–Kier alpha value is -1.33. The van der Waals surface area contributed by atoms with Gasteiger partial charge in [0.1, 0.15) is 6.10 Å². The molecule has 1 unspecified atom stereocenters. The fourth-order valence-electron chi connectivity index (χ4n) is 0.998. The Balaban J connectivity index is 3.01. The Labute approximate surface area is 91.9 Å². The Morgan fingerprint density at radius 1 is 1.67 bits per heavy atom. The lowest BCUT2D eigenvalue weighted by Crippen LogP contribution is -2.23. The second kappa shape index (κ2) is 4.95. The molecular formula is C9H11ClN2O3. The monoisotopic (exact) mass is 230 g/mol. The number of benzene rings is 1. The minimum atomic E-state index is -0.537. The van der Waals surface area contributed by atoms with E-state index in [2.05, 4.69) is 0 Å². The molecule has 0 saturated heterocycles. The molecule has 0 amide bonds. The Kier molecular flexibility index (Phi) is 3.88. The van der Waals surface area contributed by atoms with Crippen molar-refractivity contribution in [3.05, 3.63) is 33.3 Å². The largest absolute Gasteiger partial charge is 0.482 e. The molecule has 0 aromatic heterocycles. The van der Waals surface area contributed by atoms with Crippen LogP contribution in [0.2, 0.25) is 5.02 Å². The molecule has 5 nitrogen and oxygen atoms in total. The third kappa shape index (κ3) is 3.07. The number of nitrogens with two attached hydrogens (primary N) is 1. The topological polar surface area (TPSA) is 78.4 Å². The molecule has 0 aliphatic heterocycles. The number of hydrogen-bond acceptors (Lipinski definition) is 4. The second-order valence-electron chi connectivity index (χ2n) is 3.03. The van der Waals surface area contributed by atoms with Crippen LogP contribution in [0.3, 0.4) is 0 Å². The standard InChI is InChI=1S/C9H11ClN2O3/c1-6(5-11)15-9-3-2-7(10)4-8(9)12(13)14/h2-4,6H,5,11H2,1H3. The minimum absolute atomic E-state index is 0.150. The Morgan fingerprint density at radius 3 is 2.87 bits per heavy atom. The molecule has 0 radical (unpaired) electrons. The van der Waals surface area contributed by atoms with Crippen LogP contribution in [-0.4, -0.2) is 17.6 Å². The van der Waals surface area contributed by atoms with E-state index >= 15 is 0 Å². The molecule has 82 valence electrons. The number of rotatable bonds is 4. The summed E-state index contributed by atoms with van der Waals surface area (Å²) in [6, 6.07) is 4.25. The molecule has 0 heterocycles. The highest BCUT2D eigenvalue weighted by Crippen LogP contribution is 2.30. The van der Waals surface area contributed by atoms with Crippen molar-refractivity contribution >= 4 is 17.3 Å². The molecule has 1 atom stereocenters. The van der Waals surface area contributed by atoms with Crippen molar-refractivity contribution in [2.24, 2.45) is 5.73 Å². The van der Waals surface area contributed by atoms with E-state index in [4.69, 9.17) is 22.1 Å². The minimum Gasteiger partial charge on any atom is -0.482 e. The summed E-state index contributed by atoms with van der Waals surface area (Å²) in [5.74, 6) is 0.183. The van der Waals surface area contributed by atoms with Gasteiger partial charge < -0.3 is 10.5 Å². The average Bonchev–Trinajstić information content (AvgIpc) is 2.20. The molecular weight excluding hydrogens is 220 g/mol. The highest BCUT2D eigenvalue weighted by molar-refractivity contribution is 6.30. The van der Waals surface area contributed by atoms with Crippen LogP contribution in [0.25, 0.3) is 0 Å². The summed E-state index contributed by atoms with van der Waals surface area (Å²) < 4.78 is 5.29. The quantitative estimate of drug-likeness (QED) is 0.634. The van der Waals surface area contributed by atoms with Crippen LogP contribution in [0.1, 0.15) is 6.92 Å². The van der Waals surface area contributed by atoms with Gasteiger partial charge in [0.05, 0.1) is 4.92 Å². The summed E-state index contributed by atoms with van der Waals surface area (Å²) in [7, 11) is 0. The van der Waals surface area contributed by atoms with Crippen LogP contribution in [0.4, 0.5) is 5.69 Å². The smallest absolute Gasteiger partial charge is 0.312 e. The number of halogens is 1. The first-order valence-corrected chi connectivity index (χ1v) is 4.73. The third-order valence-corrected chi connectivity index (χ3v) is 2.01. The zero-order valence-corrected chi connectivity index (χ0v) is 8.90. The maximum atomic E-state index is 10.7. The van der Waals surface area contributed by atoms with Crippen molar-refractivity contribution in [3.8, 4) is 5.75 Å². The zero-order valence-electron chi connectivity index (χ0n) is 8.14. The van der Waals surface area contributed by atoms with E-state index in [0.29, 0.717) is 11.6 Å². The summed E-state index contributed by atoms with van der Waals surface area (Å²) in [6.07, 6.45) is -0.273. The summed E-state index contributed by atoms with van der Waals surface area (Å²) in [4.78, 5) is 10.1. The van der Waals surface area contributed by atoms with Gasteiger partial charge in [-0.1, -0.05) is 11.6 Å². The van der Waals surface area contributed by atoms with Crippen LogP contribution in [0.5, 0.6) is 5.75 Å². The van der Waals surface area contributed by atoms with Gasteiger partial charge in [-0.25, -0.2) is 0 Å². The molecule has 0 aliphatic carbocycles. The fraction of sp³-hybridized carbons (Fsp3) is 0.333. The van der Waals surface area contributed by atoms with E-state index in [1.54, 1.807) is 6.92 Å². The van der Waals surface area contributed by atoms with Gasteiger partial charge >= 0.3 is 5.69 Å². The van der Waals surface area contributed by atoms with E-state index in [0.717, 1.165) is 0 Å². The van der Waals surface area contributed by atoms with E-state index in [1.165, 1.54) is 18.2 Å². The number of nitro benzene ring substituents is 1. The number of hydrogen-bond donors (Lipinski definition) is 1. The summed E-state index contributed by atoms with van der Waals surface area (Å²) in [5, 5.41) is 11.0. The zero-order chi connectivity index (χ0) is 11.4. The molecule has 6 heteroatoms. The highest BCUT2D eigenvalue weighted by Gasteiger charge is 2.17. The van der Waals surface area contributed by atoms with Crippen LogP contribution < -0.4 is 10.5 Å². The van der Waals surface area contributed by atoms with E-state index in [-0.39, 0.29) is 17.5 Å². The SMILES string of the molecule is CC(CN)Oc1ccc(Cl)cc1[N+](=O)[O-]. The Bertz CT molecular complexity index is 370. The van der Waals surface area contributed by atoms with Crippen molar-refractivity contribution in [2.75, 3.05) is 6.54 Å².